The van der Waals surface area contributed by atoms with Crippen molar-refractivity contribution in [2.45, 2.75) is 202 Å². The molecular weight excluding hydrogens is 1340 g/mol. The minimum atomic E-state index is -0.937. The van der Waals surface area contributed by atoms with Gasteiger partial charge in [0.05, 0.1) is 17.2 Å². The highest BCUT2D eigenvalue weighted by molar-refractivity contribution is 9.10. The summed E-state index contributed by atoms with van der Waals surface area (Å²) in [4.78, 5) is 93.2. The molecule has 0 radical (unpaired) electrons. The van der Waals surface area contributed by atoms with Gasteiger partial charge in [-0.25, -0.2) is 20.0 Å². The number of fused-ring (bicyclic) bond motifs is 1. The van der Waals surface area contributed by atoms with Crippen LogP contribution in [0.2, 0.25) is 5.02 Å². The number of aromatic amines is 1. The number of aliphatic imine (C=N–C) groups is 3. The van der Waals surface area contributed by atoms with E-state index in [1.165, 1.54) is 81.4 Å². The maximum Gasteiger partial charge on any atom is 0.262 e. The van der Waals surface area contributed by atoms with Crippen LogP contribution in [0.5, 0.6) is 0 Å². The summed E-state index contributed by atoms with van der Waals surface area (Å²) in [5.74, 6) is 4.95. The Bertz CT molecular complexity index is 4070. The Morgan fingerprint density at radius 1 is 0.640 bits per heavy atom. The molecule has 0 bridgehead atoms. The molecule has 532 valence electrons. The zero-order chi connectivity index (χ0) is 70.3. The zero-order valence-corrected chi connectivity index (χ0v) is 60.9. The first-order valence-corrected chi connectivity index (χ1v) is 37.7. The number of likely N-dealkylation sites (N-methyl/N-ethyl adjacent to an activating group) is 2. The van der Waals surface area contributed by atoms with Crippen molar-refractivity contribution in [1.82, 2.24) is 39.6 Å². The molecule has 5 fully saturated rings. The third-order valence-corrected chi connectivity index (χ3v) is 23.3. The Hall–Kier alpha value is -8.11. The quantitative estimate of drug-likeness (QED) is 0.0416. The van der Waals surface area contributed by atoms with E-state index in [9.17, 15) is 24.0 Å². The van der Waals surface area contributed by atoms with Gasteiger partial charge in [-0.15, -0.1) is 0 Å². The molecule has 3 aromatic heterocycles. The minimum Gasteiger partial charge on any atom is -0.369 e. The van der Waals surface area contributed by atoms with Crippen LogP contribution in [0.25, 0.3) is 16.8 Å². The maximum atomic E-state index is 13.7. The van der Waals surface area contributed by atoms with Gasteiger partial charge >= 0.3 is 0 Å². The molecule has 100 heavy (non-hydrogen) atoms. The van der Waals surface area contributed by atoms with Crippen molar-refractivity contribution in [3.63, 3.8) is 0 Å². The first-order chi connectivity index (χ1) is 48.2. The highest BCUT2D eigenvalue weighted by Gasteiger charge is 2.58. The summed E-state index contributed by atoms with van der Waals surface area (Å²) in [5.41, 5.74) is 21.0. The molecule has 3 aliphatic heterocycles. The highest BCUT2D eigenvalue weighted by Crippen LogP contribution is 2.53. The van der Waals surface area contributed by atoms with Crippen molar-refractivity contribution < 1.29 is 19.2 Å². The number of guanidine groups is 3. The van der Waals surface area contributed by atoms with Gasteiger partial charge in [0.1, 0.15) is 22.7 Å². The van der Waals surface area contributed by atoms with E-state index >= 15 is 0 Å². The zero-order valence-electron chi connectivity index (χ0n) is 58.5. The van der Waals surface area contributed by atoms with Crippen molar-refractivity contribution in [3.05, 3.63) is 146 Å². The molecule has 23 heteroatoms. The molecule has 3 aromatic carbocycles. The summed E-state index contributed by atoms with van der Waals surface area (Å²) in [5, 5.41) is 11.9. The lowest BCUT2D eigenvalue weighted by Crippen LogP contribution is -2.45. The number of carbonyl (C=O) groups is 4. The molecule has 6 aromatic rings. The number of hydrogen-bond donors (Lipinski definition) is 6. The van der Waals surface area contributed by atoms with Crippen LogP contribution in [0.3, 0.4) is 0 Å². The van der Waals surface area contributed by atoms with E-state index in [4.69, 9.17) is 48.8 Å². The fourth-order valence-electron chi connectivity index (χ4n) is 17.0. The molecule has 0 saturated heterocycles. The second kappa shape index (κ2) is 31.4. The molecule has 9 N–H and O–H groups in total. The summed E-state index contributed by atoms with van der Waals surface area (Å²) in [7, 11) is 7.52. The van der Waals surface area contributed by atoms with Gasteiger partial charge in [-0.3, -0.25) is 38.7 Å². The molecule has 6 heterocycles. The third-order valence-electron chi connectivity index (χ3n) is 22.5. The summed E-state index contributed by atoms with van der Waals surface area (Å²) in [6.45, 7) is 0.428. The van der Waals surface area contributed by atoms with Crippen molar-refractivity contribution in [3.8, 4) is 11.1 Å². The van der Waals surface area contributed by atoms with Crippen LogP contribution >= 0.6 is 27.5 Å². The van der Waals surface area contributed by atoms with E-state index < -0.39 is 16.6 Å². The lowest BCUT2D eigenvalue weighted by Gasteiger charge is -2.36. The van der Waals surface area contributed by atoms with Crippen molar-refractivity contribution >= 4 is 86.3 Å². The SMILES string of the molecule is CN1C(=O)[C@@](CCC2CCCCC2)(C[C@H]2CCC[C@@H](NC(=O)c3cc[nH]c(=O)c3)C2)N=C1N.CN1C(=O)[C@@](CCC2CCCCC2)(C[C@H]2CCC[C@@H](Nc3cc(N(C)C)n4ncc(Br)c4n3)C2)N=C1N.NC1=NC(c2cccc(-c3cccc(Cl)c3)c2)(C2CC2)C(=O)N1Cc1ccccc1. The number of carbonyl (C=O) groups excluding carboxylic acids is 4. The Morgan fingerprint density at radius 2 is 1.22 bits per heavy atom. The fraction of sp³-hybridized carbons (Fsp3) is 0.532. The topological polar surface area (TPSA) is 283 Å². The second-order valence-electron chi connectivity index (χ2n) is 29.8. The minimum absolute atomic E-state index is 0.0190. The Balaban J connectivity index is 0.000000143. The Kier molecular flexibility index (Phi) is 22.5. The van der Waals surface area contributed by atoms with Gasteiger partial charge in [0.2, 0.25) is 5.56 Å². The maximum absolute atomic E-state index is 13.7. The Labute approximate surface area is 601 Å². The van der Waals surface area contributed by atoms with E-state index in [1.807, 2.05) is 96.3 Å². The van der Waals surface area contributed by atoms with Crippen LogP contribution in [-0.4, -0.2) is 127 Å². The number of H-pyrrole nitrogens is 1. The first kappa shape index (κ1) is 71.7. The lowest BCUT2D eigenvalue weighted by atomic mass is 9.74. The number of amides is 4. The van der Waals surface area contributed by atoms with Crippen LogP contribution in [-0.2, 0) is 26.5 Å². The van der Waals surface area contributed by atoms with Gasteiger partial charge < -0.3 is 37.7 Å². The average Bonchev–Trinajstić information content (AvgIpc) is 1.56. The number of pyridine rings is 1. The van der Waals surface area contributed by atoms with E-state index in [-0.39, 0.29) is 41.1 Å². The molecule has 7 atom stereocenters. The second-order valence-corrected chi connectivity index (χ2v) is 31.1. The molecule has 8 aliphatic rings. The van der Waals surface area contributed by atoms with Gasteiger partial charge in [0, 0.05) is 69.2 Å². The molecular formula is C77H100BrClN16O5. The number of hydrogen-bond acceptors (Lipinski definition) is 15. The summed E-state index contributed by atoms with van der Waals surface area (Å²) in [6.07, 6.45) is 31.4. The van der Waals surface area contributed by atoms with Gasteiger partial charge in [-0.2, -0.15) is 9.61 Å². The van der Waals surface area contributed by atoms with Gasteiger partial charge in [0.15, 0.2) is 29.1 Å². The molecule has 0 spiro atoms. The normalized spacial score (nSPS) is 25.8. The van der Waals surface area contributed by atoms with Gasteiger partial charge in [-0.1, -0.05) is 162 Å². The van der Waals surface area contributed by atoms with Crippen molar-refractivity contribution in [2.24, 2.45) is 61.8 Å². The monoisotopic (exact) mass is 1440 g/mol. The average molecular weight is 1450 g/mol. The van der Waals surface area contributed by atoms with E-state index in [2.05, 4.69) is 48.8 Å². The number of nitrogens with one attached hydrogen (secondary N) is 3. The Morgan fingerprint density at radius 3 is 1.79 bits per heavy atom. The number of anilines is 2. The van der Waals surface area contributed by atoms with Crippen LogP contribution in [0.1, 0.15) is 188 Å². The van der Waals surface area contributed by atoms with Crippen LogP contribution in [0.4, 0.5) is 11.6 Å². The van der Waals surface area contributed by atoms with E-state index in [0.29, 0.717) is 65.2 Å². The van der Waals surface area contributed by atoms with Crippen LogP contribution < -0.4 is 38.3 Å². The van der Waals surface area contributed by atoms with Crippen molar-refractivity contribution in [1.29, 1.82) is 0 Å². The third kappa shape index (κ3) is 16.3. The highest BCUT2D eigenvalue weighted by atomic mass is 79.9. The molecule has 1 unspecified atom stereocenters. The number of rotatable bonds is 20. The lowest BCUT2D eigenvalue weighted by molar-refractivity contribution is -0.133. The summed E-state index contributed by atoms with van der Waals surface area (Å²) < 4.78 is 2.72. The standard InChI is InChI=1S/C27H41BrN8O.C25H22ClN3O.C25H37N5O3/c1-34(2)23-15-22(32-24-21(28)17-30-36(23)24)31-20-11-7-10-19(14-20)16-27(25(37)35(3)26(29)33-27)13-12-18-8-5-4-6-9-18;26-22-11-5-9-19(15-22)18-8-4-10-21(14-18)25(20-12-13-20)23(30)29(24(27)28-25)16-17-6-2-1-3-7-17;1-30-23(33)25(29-24(30)26,12-10-17-6-3-2-4-7-17)16-18-8-5-9-20(14-18)28-22(32)19-11-13-27-21(31)15-19/h15,17-20H,4-14,16H2,1-3H3,(H2,29,33)(H,31,32);1-11,14-15,20H,12-13,16H2,(H2,27,28);11,13,15,17-18,20H,2-10,12,14,16H2,1H3,(H2,26,29)(H,27,31)(H,28,32)/t19-,20+,27+;;18-,20+,25+/m0.0/s1. The van der Waals surface area contributed by atoms with Gasteiger partial charge in [0.25, 0.3) is 23.6 Å². The van der Waals surface area contributed by atoms with Crippen molar-refractivity contribution in [2.75, 3.05) is 38.4 Å². The summed E-state index contributed by atoms with van der Waals surface area (Å²) >= 11 is 9.77. The molecule has 21 nitrogen and oxygen atoms in total. The largest absolute Gasteiger partial charge is 0.369 e. The summed E-state index contributed by atoms with van der Waals surface area (Å²) in [6, 6.07) is 31.0. The smallest absolute Gasteiger partial charge is 0.262 e. The number of aromatic nitrogens is 4. The van der Waals surface area contributed by atoms with E-state index in [0.717, 1.165) is 146 Å². The van der Waals surface area contributed by atoms with Crippen LogP contribution in [0.15, 0.2) is 134 Å². The number of nitrogens with two attached hydrogens (primary N) is 3. The molecule has 14 rings (SSSR count). The molecule has 4 amide bonds. The van der Waals surface area contributed by atoms with Gasteiger partial charge in [-0.05, 0) is 169 Å². The first-order valence-electron chi connectivity index (χ1n) is 36.5. The van der Waals surface area contributed by atoms with Crippen LogP contribution in [0, 0.1) is 29.6 Å². The number of halogens is 2. The number of benzene rings is 3. The predicted octanol–water partition coefficient (Wildman–Crippen LogP) is 12.7. The number of nitrogens with zero attached hydrogens (tertiary/aromatic N) is 10. The fourth-order valence-corrected chi connectivity index (χ4v) is 17.5. The molecule has 5 saturated carbocycles. The predicted molar refractivity (Wildman–Crippen MR) is 400 cm³/mol. The molecule has 5 aliphatic carbocycles. The van der Waals surface area contributed by atoms with E-state index in [1.54, 1.807) is 36.2 Å².